The smallest absolute Gasteiger partial charge is 0.358 e. The Morgan fingerprint density at radius 3 is 2.66 bits per heavy atom. The molecule has 1 N–H and O–H groups in total. The van der Waals surface area contributed by atoms with E-state index in [0.717, 1.165) is 22.8 Å². The quantitative estimate of drug-likeness (QED) is 0.566. The van der Waals surface area contributed by atoms with Crippen LogP contribution in [0.15, 0.2) is 66.0 Å². The molecule has 1 atom stereocenters. The highest BCUT2D eigenvalue weighted by Crippen LogP contribution is 2.50. The van der Waals surface area contributed by atoms with Crippen molar-refractivity contribution in [2.45, 2.75) is 31.4 Å². The van der Waals surface area contributed by atoms with Crippen molar-refractivity contribution in [3.05, 3.63) is 82.7 Å². The average molecular weight is 394 g/mol. The standard InChI is InChI=1S/C23H17F3N2O/c24-23(25,26)15-7-2-1-5-13(15)21-20-14-6-4-12-27-16(14)10-11-18(20)28-17-8-3-9-19(29)22(17)21/h1-2,4-7,10-12,21,28H,3,8-9H2. The van der Waals surface area contributed by atoms with Crippen molar-refractivity contribution >= 4 is 22.4 Å². The third-order valence-electron chi connectivity index (χ3n) is 5.72. The number of alkyl halides is 3. The van der Waals surface area contributed by atoms with E-state index in [1.54, 1.807) is 18.3 Å². The summed E-state index contributed by atoms with van der Waals surface area (Å²) in [4.78, 5) is 17.3. The van der Waals surface area contributed by atoms with Crippen LogP contribution in [0.25, 0.3) is 10.9 Å². The minimum atomic E-state index is -4.51. The third kappa shape index (κ3) is 2.82. The van der Waals surface area contributed by atoms with Gasteiger partial charge in [-0.2, -0.15) is 13.2 Å². The largest absolute Gasteiger partial charge is 0.416 e. The van der Waals surface area contributed by atoms with Crippen molar-refractivity contribution < 1.29 is 18.0 Å². The maximum absolute atomic E-state index is 13.9. The van der Waals surface area contributed by atoms with Gasteiger partial charge in [-0.25, -0.2) is 0 Å². The van der Waals surface area contributed by atoms with E-state index in [0.29, 0.717) is 35.9 Å². The summed E-state index contributed by atoms with van der Waals surface area (Å²) in [7, 11) is 0. The lowest BCUT2D eigenvalue weighted by Gasteiger charge is -2.35. The van der Waals surface area contributed by atoms with Gasteiger partial charge >= 0.3 is 6.18 Å². The number of benzene rings is 2. The second-order valence-corrected chi connectivity index (χ2v) is 7.41. The van der Waals surface area contributed by atoms with Gasteiger partial charge in [-0.3, -0.25) is 9.78 Å². The van der Waals surface area contributed by atoms with Crippen LogP contribution in [0.3, 0.4) is 0 Å². The van der Waals surface area contributed by atoms with Crippen LogP contribution in [0.2, 0.25) is 0 Å². The van der Waals surface area contributed by atoms with Crippen LogP contribution in [-0.2, 0) is 11.0 Å². The zero-order chi connectivity index (χ0) is 20.2. The van der Waals surface area contributed by atoms with Gasteiger partial charge in [0, 0.05) is 40.9 Å². The third-order valence-corrected chi connectivity index (χ3v) is 5.72. The van der Waals surface area contributed by atoms with Gasteiger partial charge in [-0.15, -0.1) is 0 Å². The number of halogens is 3. The summed E-state index contributed by atoms with van der Waals surface area (Å²) in [6, 6.07) is 12.9. The first-order valence-electron chi connectivity index (χ1n) is 9.52. The summed E-state index contributed by atoms with van der Waals surface area (Å²) < 4.78 is 41.7. The maximum atomic E-state index is 13.9. The fourth-order valence-electron chi connectivity index (χ4n) is 4.55. The van der Waals surface area contributed by atoms with Crippen molar-refractivity contribution in [1.29, 1.82) is 0 Å². The Labute approximate surface area is 165 Å². The van der Waals surface area contributed by atoms with Crippen LogP contribution in [-0.4, -0.2) is 10.8 Å². The van der Waals surface area contributed by atoms with Crippen molar-refractivity contribution in [2.24, 2.45) is 0 Å². The Kier molecular flexibility index (Phi) is 3.98. The summed E-state index contributed by atoms with van der Waals surface area (Å²) >= 11 is 0. The Morgan fingerprint density at radius 2 is 1.83 bits per heavy atom. The number of Topliss-reactive ketones (excluding diaryl/α,β-unsaturated/α-hetero) is 1. The minimum Gasteiger partial charge on any atom is -0.358 e. The molecule has 0 spiro atoms. The molecule has 6 heteroatoms. The van der Waals surface area contributed by atoms with E-state index in [1.807, 2.05) is 18.2 Å². The molecule has 3 aromatic rings. The van der Waals surface area contributed by atoms with E-state index in [4.69, 9.17) is 0 Å². The lowest BCUT2D eigenvalue weighted by atomic mass is 9.73. The van der Waals surface area contributed by atoms with Gasteiger partial charge in [0.25, 0.3) is 0 Å². The maximum Gasteiger partial charge on any atom is 0.416 e. The lowest BCUT2D eigenvalue weighted by Crippen LogP contribution is -2.28. The molecule has 5 rings (SSSR count). The predicted octanol–water partition coefficient (Wildman–Crippen LogP) is 5.82. The molecule has 146 valence electrons. The Bertz CT molecular complexity index is 1180. The fraction of sp³-hybridized carbons (Fsp3) is 0.217. The second-order valence-electron chi connectivity index (χ2n) is 7.41. The number of rotatable bonds is 1. The molecule has 2 heterocycles. The number of hydrogen-bond acceptors (Lipinski definition) is 3. The van der Waals surface area contributed by atoms with E-state index in [2.05, 4.69) is 10.3 Å². The number of nitrogens with one attached hydrogen (secondary N) is 1. The zero-order valence-corrected chi connectivity index (χ0v) is 15.4. The van der Waals surface area contributed by atoms with E-state index in [1.165, 1.54) is 12.1 Å². The van der Waals surface area contributed by atoms with Crippen LogP contribution >= 0.6 is 0 Å². The second kappa shape index (κ2) is 6.44. The number of hydrogen-bond donors (Lipinski definition) is 1. The number of aromatic nitrogens is 1. The van der Waals surface area contributed by atoms with Gasteiger partial charge in [-0.1, -0.05) is 24.3 Å². The van der Waals surface area contributed by atoms with Crippen molar-refractivity contribution in [1.82, 2.24) is 4.98 Å². The van der Waals surface area contributed by atoms with Crippen LogP contribution < -0.4 is 5.32 Å². The molecule has 0 amide bonds. The number of carbonyl (C=O) groups excluding carboxylic acids is 1. The Morgan fingerprint density at radius 1 is 1.00 bits per heavy atom. The summed E-state index contributed by atoms with van der Waals surface area (Å²) in [5.74, 6) is -0.868. The number of nitrogens with zero attached hydrogens (tertiary/aromatic N) is 1. The molecule has 1 aromatic heterocycles. The van der Waals surface area contributed by atoms with E-state index in [-0.39, 0.29) is 11.3 Å². The summed E-state index contributed by atoms with van der Waals surface area (Å²) in [6.45, 7) is 0. The van der Waals surface area contributed by atoms with E-state index < -0.39 is 17.7 Å². The molecule has 2 aliphatic rings. The number of allylic oxidation sites excluding steroid dienone is 2. The van der Waals surface area contributed by atoms with Gasteiger partial charge in [0.2, 0.25) is 0 Å². The monoisotopic (exact) mass is 394 g/mol. The fourth-order valence-corrected chi connectivity index (χ4v) is 4.55. The molecule has 1 aliphatic carbocycles. The lowest BCUT2D eigenvalue weighted by molar-refractivity contribution is -0.138. The Hall–Kier alpha value is -3.15. The number of anilines is 1. The van der Waals surface area contributed by atoms with E-state index in [9.17, 15) is 18.0 Å². The topological polar surface area (TPSA) is 42.0 Å². The molecular weight excluding hydrogens is 377 g/mol. The minimum absolute atomic E-state index is 0.0905. The van der Waals surface area contributed by atoms with Crippen LogP contribution in [0.4, 0.5) is 18.9 Å². The first-order chi connectivity index (χ1) is 13.9. The molecule has 0 bridgehead atoms. The van der Waals surface area contributed by atoms with Crippen molar-refractivity contribution in [3.63, 3.8) is 0 Å². The summed E-state index contributed by atoms with van der Waals surface area (Å²) in [6.07, 6.45) is -1.16. The number of pyridine rings is 1. The summed E-state index contributed by atoms with van der Waals surface area (Å²) in [5, 5.41) is 4.08. The van der Waals surface area contributed by atoms with Gasteiger partial charge in [0.15, 0.2) is 5.78 Å². The molecule has 0 radical (unpaired) electrons. The molecule has 29 heavy (non-hydrogen) atoms. The Balaban J connectivity index is 1.87. The molecule has 3 nitrogen and oxygen atoms in total. The van der Waals surface area contributed by atoms with Crippen molar-refractivity contribution in [2.75, 3.05) is 5.32 Å². The van der Waals surface area contributed by atoms with Gasteiger partial charge in [0.1, 0.15) is 0 Å². The predicted molar refractivity (Wildman–Crippen MR) is 105 cm³/mol. The van der Waals surface area contributed by atoms with Crippen LogP contribution in [0.5, 0.6) is 0 Å². The van der Waals surface area contributed by atoms with Crippen LogP contribution in [0, 0.1) is 0 Å². The average Bonchev–Trinajstić information content (AvgIpc) is 2.71. The number of ketones is 1. The molecule has 0 saturated carbocycles. The first kappa shape index (κ1) is 17.9. The molecule has 2 aromatic carbocycles. The molecule has 0 saturated heterocycles. The van der Waals surface area contributed by atoms with Crippen LogP contribution in [0.1, 0.15) is 41.9 Å². The normalized spacial score (nSPS) is 19.0. The summed E-state index contributed by atoms with van der Waals surface area (Å²) in [5.41, 5.74) is 2.71. The molecule has 0 fully saturated rings. The highest BCUT2D eigenvalue weighted by Gasteiger charge is 2.41. The van der Waals surface area contributed by atoms with Gasteiger partial charge < -0.3 is 5.32 Å². The molecular formula is C23H17F3N2O. The highest BCUT2D eigenvalue weighted by molar-refractivity contribution is 6.03. The molecule has 1 aliphatic heterocycles. The molecule has 1 unspecified atom stereocenters. The van der Waals surface area contributed by atoms with E-state index >= 15 is 0 Å². The van der Waals surface area contributed by atoms with Gasteiger partial charge in [-0.05, 0) is 48.2 Å². The number of fused-ring (bicyclic) bond motifs is 3. The van der Waals surface area contributed by atoms with Gasteiger partial charge in [0.05, 0.1) is 11.1 Å². The van der Waals surface area contributed by atoms with Crippen molar-refractivity contribution in [3.8, 4) is 0 Å². The SMILES string of the molecule is O=C1CCCC2=C1C(c1ccccc1C(F)(F)F)c1c(ccc3ncccc13)N2. The zero-order valence-electron chi connectivity index (χ0n) is 15.4. The number of carbonyl (C=O) groups is 1. The highest BCUT2D eigenvalue weighted by atomic mass is 19.4. The first-order valence-corrected chi connectivity index (χ1v) is 9.52.